The number of amides is 1. The van der Waals surface area contributed by atoms with E-state index in [0.29, 0.717) is 27.8 Å². The van der Waals surface area contributed by atoms with E-state index in [1.54, 1.807) is 48.5 Å². The molecule has 0 aliphatic carbocycles. The molecule has 1 amide bonds. The molecule has 11 heteroatoms. The maximum absolute atomic E-state index is 12.8. The number of nitrogens with one attached hydrogen (secondary N) is 2. The average molecular weight is 493 g/mol. The predicted molar refractivity (Wildman–Crippen MR) is 126 cm³/mol. The van der Waals surface area contributed by atoms with Gasteiger partial charge in [-0.3, -0.25) is 15.5 Å². The lowest BCUT2D eigenvalue weighted by atomic mass is 10.1. The minimum absolute atomic E-state index is 0.0573. The van der Waals surface area contributed by atoms with E-state index >= 15 is 0 Å². The summed E-state index contributed by atoms with van der Waals surface area (Å²) in [6.45, 7) is 0.0928. The number of carbonyl (C=O) groups is 1. The second kappa shape index (κ2) is 11.2. The highest BCUT2D eigenvalue weighted by atomic mass is 32.2. The fraction of sp³-hybridized carbons (Fsp3) is 0.273. The first kappa shape index (κ1) is 24.6. The maximum Gasteiger partial charge on any atom is 0.287 e. The number of carbonyl (C=O) groups excluding carboxylic acids is 1. The molecule has 176 valence electrons. The van der Waals surface area contributed by atoms with Crippen molar-refractivity contribution in [1.82, 2.24) is 10.8 Å². The van der Waals surface area contributed by atoms with Crippen molar-refractivity contribution >= 4 is 43.9 Å². The van der Waals surface area contributed by atoms with Crippen molar-refractivity contribution in [2.45, 2.75) is 12.2 Å². The highest BCUT2D eigenvalue weighted by Gasteiger charge is 2.24. The van der Waals surface area contributed by atoms with E-state index in [0.717, 1.165) is 0 Å². The van der Waals surface area contributed by atoms with Crippen LogP contribution >= 0.6 is 12.2 Å². The largest absolute Gasteiger partial charge is 0.492 e. The lowest BCUT2D eigenvalue weighted by Gasteiger charge is -2.09. The number of hydrogen-bond donors (Lipinski definition) is 4. The Morgan fingerprint density at radius 3 is 2.55 bits per heavy atom. The predicted octanol–water partition coefficient (Wildman–Crippen LogP) is 2.19. The van der Waals surface area contributed by atoms with E-state index in [1.165, 1.54) is 0 Å². The van der Waals surface area contributed by atoms with Crippen LogP contribution in [-0.2, 0) is 15.6 Å². The third-order valence-electron chi connectivity index (χ3n) is 4.76. The molecule has 0 aliphatic heterocycles. The molecule has 0 aliphatic rings. The summed E-state index contributed by atoms with van der Waals surface area (Å²) in [6, 6.07) is 13.6. The van der Waals surface area contributed by atoms with Gasteiger partial charge >= 0.3 is 0 Å². The summed E-state index contributed by atoms with van der Waals surface area (Å²) in [5, 5.41) is 21.0. The Balaban J connectivity index is 1.65. The van der Waals surface area contributed by atoms with Gasteiger partial charge in [-0.25, -0.2) is 8.42 Å². The van der Waals surface area contributed by atoms with Crippen molar-refractivity contribution in [2.75, 3.05) is 25.5 Å². The molecular formula is C22H24N2O7S2. The summed E-state index contributed by atoms with van der Waals surface area (Å²) in [6.07, 6.45) is 0.125. The smallest absolute Gasteiger partial charge is 0.287 e. The van der Waals surface area contributed by atoms with Crippen LogP contribution in [0.4, 0.5) is 0 Å². The fourth-order valence-electron chi connectivity index (χ4n) is 3.18. The molecule has 0 radical (unpaired) electrons. The number of ether oxygens (including phenoxy) is 1. The van der Waals surface area contributed by atoms with Gasteiger partial charge in [-0.1, -0.05) is 30.4 Å². The van der Waals surface area contributed by atoms with Gasteiger partial charge in [-0.15, -0.1) is 0 Å². The number of sulfone groups is 1. The monoisotopic (exact) mass is 492 g/mol. The number of fused-ring (bicyclic) bond motifs is 1. The van der Waals surface area contributed by atoms with Crippen molar-refractivity contribution < 1.29 is 32.7 Å². The first-order valence-corrected chi connectivity index (χ1v) is 12.3. The van der Waals surface area contributed by atoms with Gasteiger partial charge in [-0.05, 0) is 36.8 Å². The van der Waals surface area contributed by atoms with Crippen LogP contribution in [0.25, 0.3) is 11.0 Å². The molecule has 0 atom stereocenters. The fourth-order valence-corrected chi connectivity index (χ4v) is 4.76. The van der Waals surface area contributed by atoms with Crippen LogP contribution < -0.4 is 15.5 Å². The van der Waals surface area contributed by atoms with Crippen LogP contribution in [0.2, 0.25) is 0 Å². The van der Waals surface area contributed by atoms with E-state index in [4.69, 9.17) is 31.7 Å². The molecule has 0 fully saturated rings. The Morgan fingerprint density at radius 1 is 1.12 bits per heavy atom. The minimum Gasteiger partial charge on any atom is -0.492 e. The number of furan rings is 1. The summed E-state index contributed by atoms with van der Waals surface area (Å²) < 4.78 is 36.1. The molecular weight excluding hydrogens is 468 g/mol. The average Bonchev–Trinajstić information content (AvgIpc) is 3.18. The molecule has 1 aromatic heterocycles. The Labute approximate surface area is 196 Å². The lowest BCUT2D eigenvalue weighted by molar-refractivity contribution is 0.0920. The molecule has 0 unspecified atom stereocenters. The van der Waals surface area contributed by atoms with Gasteiger partial charge in [0.25, 0.3) is 5.91 Å². The summed E-state index contributed by atoms with van der Waals surface area (Å²) in [5.74, 6) is -0.598. The number of aliphatic hydroxyl groups excluding tert-OH is 1. The second-order valence-corrected chi connectivity index (χ2v) is 9.74. The number of benzene rings is 2. The molecule has 0 bridgehead atoms. The van der Waals surface area contributed by atoms with Gasteiger partial charge in [0.2, 0.25) is 0 Å². The Bertz CT molecular complexity index is 1220. The lowest BCUT2D eigenvalue weighted by Crippen LogP contribution is -2.28. The molecule has 0 saturated heterocycles. The highest BCUT2D eigenvalue weighted by Crippen LogP contribution is 2.28. The van der Waals surface area contributed by atoms with Gasteiger partial charge < -0.3 is 19.6 Å². The van der Waals surface area contributed by atoms with E-state index in [2.05, 4.69) is 5.32 Å². The van der Waals surface area contributed by atoms with Crippen LogP contribution in [0.15, 0.2) is 52.9 Å². The number of rotatable bonds is 11. The van der Waals surface area contributed by atoms with Crippen LogP contribution in [0.5, 0.6) is 5.75 Å². The van der Waals surface area contributed by atoms with E-state index in [-0.39, 0.29) is 48.4 Å². The van der Waals surface area contributed by atoms with Crippen molar-refractivity contribution in [2.24, 2.45) is 0 Å². The van der Waals surface area contributed by atoms with Gasteiger partial charge in [0.1, 0.15) is 22.9 Å². The number of aliphatic hydroxyl groups is 1. The minimum atomic E-state index is -3.54. The summed E-state index contributed by atoms with van der Waals surface area (Å²) >= 11 is 4.93. The van der Waals surface area contributed by atoms with Gasteiger partial charge in [0, 0.05) is 23.1 Å². The van der Waals surface area contributed by atoms with Gasteiger partial charge in [0.15, 0.2) is 15.6 Å². The van der Waals surface area contributed by atoms with Crippen LogP contribution in [0, 0.1) is 0 Å². The summed E-state index contributed by atoms with van der Waals surface area (Å²) in [7, 11) is -3.54. The zero-order valence-electron chi connectivity index (χ0n) is 17.6. The summed E-state index contributed by atoms with van der Waals surface area (Å²) in [4.78, 5) is 12.9. The van der Waals surface area contributed by atoms with Gasteiger partial charge in [0.05, 0.1) is 18.1 Å². The quantitative estimate of drug-likeness (QED) is 0.180. The number of hydroxylamine groups is 1. The normalized spacial score (nSPS) is 11.3. The first-order valence-electron chi connectivity index (χ1n) is 10.1. The molecule has 1 heterocycles. The summed E-state index contributed by atoms with van der Waals surface area (Å²) in [5.41, 5.74) is 3.24. The molecule has 3 aromatic rings. The standard InChI is InChI=1S/C22H24N2O7S2/c25-11-3-13-33(28,29)14-18-17-4-1-2-5-19(17)31-20(18)21(26)23-10-12-30-16-8-6-15(7-9-16)22(32)24-27/h1-2,4-9,25,27H,3,10-14H2,(H,23,26)(H,24,32). The zero-order valence-corrected chi connectivity index (χ0v) is 19.2. The van der Waals surface area contributed by atoms with Gasteiger partial charge in [-0.2, -0.15) is 0 Å². The Kier molecular flexibility index (Phi) is 8.39. The van der Waals surface area contributed by atoms with E-state index in [9.17, 15) is 13.2 Å². The van der Waals surface area contributed by atoms with Crippen molar-refractivity contribution in [3.63, 3.8) is 0 Å². The van der Waals surface area contributed by atoms with E-state index < -0.39 is 15.7 Å². The van der Waals surface area contributed by atoms with Crippen molar-refractivity contribution in [1.29, 1.82) is 0 Å². The first-order chi connectivity index (χ1) is 15.8. The third kappa shape index (κ3) is 6.51. The van der Waals surface area contributed by atoms with Crippen LogP contribution in [0.1, 0.15) is 28.1 Å². The number of para-hydroxylation sites is 1. The van der Waals surface area contributed by atoms with E-state index in [1.807, 2.05) is 5.48 Å². The molecule has 0 spiro atoms. The Morgan fingerprint density at radius 2 is 1.85 bits per heavy atom. The second-order valence-electron chi connectivity index (χ2n) is 7.14. The zero-order chi connectivity index (χ0) is 23.8. The molecule has 9 nitrogen and oxygen atoms in total. The maximum atomic E-state index is 12.8. The molecule has 4 N–H and O–H groups in total. The third-order valence-corrected chi connectivity index (χ3v) is 6.72. The van der Waals surface area contributed by atoms with Crippen molar-refractivity contribution in [3.05, 3.63) is 65.4 Å². The highest BCUT2D eigenvalue weighted by molar-refractivity contribution is 7.90. The molecule has 0 saturated carbocycles. The SMILES string of the molecule is O=C(NCCOc1ccc(C(=S)NO)cc1)c1oc2ccccc2c1CS(=O)(=O)CCCO. The molecule has 33 heavy (non-hydrogen) atoms. The Hall–Kier alpha value is -2.99. The molecule has 2 aromatic carbocycles. The number of thiocarbonyl (C=S) groups is 1. The number of hydrogen-bond acceptors (Lipinski definition) is 8. The van der Waals surface area contributed by atoms with Crippen LogP contribution in [0.3, 0.4) is 0 Å². The van der Waals surface area contributed by atoms with Crippen LogP contribution in [-0.4, -0.2) is 55.1 Å². The molecule has 3 rings (SSSR count). The topological polar surface area (TPSA) is 138 Å². The van der Waals surface area contributed by atoms with Crippen molar-refractivity contribution in [3.8, 4) is 5.75 Å².